The molecule has 0 aromatic heterocycles. The number of likely N-dealkylation sites (N-methyl/N-ethyl adjacent to an activating group) is 1. The Labute approximate surface area is 620 Å². The van der Waals surface area contributed by atoms with Crippen LogP contribution in [0.15, 0.2) is 97.2 Å². The van der Waals surface area contributed by atoms with Gasteiger partial charge in [0, 0.05) is 12.8 Å². The molecule has 0 aliphatic rings. The molecule has 9 nitrogen and oxygen atoms in total. The number of carboxylic acids is 1. The normalized spacial score (nSPS) is 13.1. The Kier molecular flexibility index (Phi) is 77.8. The summed E-state index contributed by atoms with van der Waals surface area (Å²) in [5.41, 5.74) is 0. The maximum atomic E-state index is 13.0. The molecule has 9 heteroatoms. The summed E-state index contributed by atoms with van der Waals surface area (Å²) in [6.07, 6.45) is 110. The van der Waals surface area contributed by atoms with E-state index in [2.05, 4.69) is 111 Å². The number of ether oxygens (including phenoxy) is 4. The van der Waals surface area contributed by atoms with Crippen LogP contribution in [0.5, 0.6) is 0 Å². The Hall–Kier alpha value is -3.79. The Morgan fingerprint density at radius 1 is 0.310 bits per heavy atom. The first-order valence-corrected chi connectivity index (χ1v) is 42.9. The zero-order valence-electron chi connectivity index (χ0n) is 66.6. The van der Waals surface area contributed by atoms with Crippen molar-refractivity contribution in [2.45, 2.75) is 418 Å². The summed E-state index contributed by atoms with van der Waals surface area (Å²) in [7, 11) is 5.95. The van der Waals surface area contributed by atoms with Crippen LogP contribution in [-0.2, 0) is 33.3 Å². The molecule has 0 aromatic rings. The molecule has 0 radical (unpaired) electrons. The number of unbranched alkanes of at least 4 members (excludes halogenated alkanes) is 49. The molecular weight excluding hydrogens is 1230 g/mol. The smallest absolute Gasteiger partial charge is 0.306 e. The number of carbonyl (C=O) groups is 3. The number of nitrogens with zero attached hydrogens (tertiary/aromatic N) is 1. The van der Waals surface area contributed by atoms with Gasteiger partial charge >= 0.3 is 11.9 Å². The second kappa shape index (κ2) is 80.9. The molecule has 0 rings (SSSR count). The van der Waals surface area contributed by atoms with Gasteiger partial charge in [0.05, 0.1) is 40.3 Å². The van der Waals surface area contributed by atoms with Crippen molar-refractivity contribution >= 4 is 17.9 Å². The van der Waals surface area contributed by atoms with E-state index in [0.29, 0.717) is 23.9 Å². The standard InChI is InChI=1S/C91H163NO8/c1-6-8-10-12-14-16-18-20-22-24-26-28-30-32-34-36-38-40-42-43-44-45-46-47-48-50-52-54-56-58-60-62-64-66-68-70-72-74-76-78-80-82-89(94)100-87(86-99-91(90(95)96)97-84-83-92(3,4)5)85-98-88(93)81-79-77-75-73-71-69-67-65-63-61-59-57-55-53-51-49-41-39-37-35-33-31-29-27-25-23-21-19-17-15-13-11-9-7-2/h8,10,14,16,20,22,26,28,32,34,38,40,43-44,46-47,87,91H,6-7,9,11-13,15,17-19,21,23-25,27,29-31,33,35-37,39,41-42,45,48-86H2,1-5H3/b10-8-,16-14-,22-20-,28-26-,34-32-,40-38-,44-43-,47-46-. The largest absolute Gasteiger partial charge is 0.545 e. The molecular formula is C91H163NO8. The molecule has 0 saturated heterocycles. The second-order valence-corrected chi connectivity index (χ2v) is 30.1. The molecule has 580 valence electrons. The minimum absolute atomic E-state index is 0.148. The van der Waals surface area contributed by atoms with Gasteiger partial charge in [-0.05, 0) is 77.0 Å². The van der Waals surface area contributed by atoms with E-state index in [-0.39, 0.29) is 32.2 Å². The second-order valence-electron chi connectivity index (χ2n) is 30.1. The lowest BCUT2D eigenvalue weighted by Crippen LogP contribution is -2.44. The highest BCUT2D eigenvalue weighted by atomic mass is 16.7. The third-order valence-electron chi connectivity index (χ3n) is 19.1. The lowest BCUT2D eigenvalue weighted by molar-refractivity contribution is -0.870. The third kappa shape index (κ3) is 81.5. The van der Waals surface area contributed by atoms with Crippen LogP contribution in [0.25, 0.3) is 0 Å². The summed E-state index contributed by atoms with van der Waals surface area (Å²) < 4.78 is 22.9. The quantitative estimate of drug-likeness (QED) is 0.0195. The number of carbonyl (C=O) groups excluding carboxylic acids is 3. The Morgan fingerprint density at radius 3 is 0.850 bits per heavy atom. The maximum Gasteiger partial charge on any atom is 0.306 e. The van der Waals surface area contributed by atoms with Gasteiger partial charge < -0.3 is 33.3 Å². The summed E-state index contributed by atoms with van der Waals surface area (Å²) in [5.74, 6) is -2.26. The lowest BCUT2D eigenvalue weighted by Gasteiger charge is -2.26. The fourth-order valence-electron chi connectivity index (χ4n) is 12.6. The van der Waals surface area contributed by atoms with E-state index >= 15 is 0 Å². The number of carboxylic acid groups (broad SMARTS) is 1. The number of hydrogen-bond donors (Lipinski definition) is 0. The van der Waals surface area contributed by atoms with Crippen molar-refractivity contribution < 1.29 is 42.9 Å². The SMILES string of the molecule is CC/C=C\C/C=C\C/C=C\C/C=C\C/C=C\C/C=C\C/C=C\C/C=C\CCCCCCCCCCCCCCCCCCC(=O)OC(COC(=O)CCCCCCCCCCCCCCCCCCCCCCCCCCCCCCCCCCCC)COC(OCC[N+](C)(C)C)C(=O)[O-]. The molecule has 0 aliphatic carbocycles. The number of quaternary nitrogens is 1. The highest BCUT2D eigenvalue weighted by Crippen LogP contribution is 2.20. The zero-order chi connectivity index (χ0) is 72.5. The third-order valence-corrected chi connectivity index (χ3v) is 19.1. The van der Waals surface area contributed by atoms with Gasteiger partial charge in [0.2, 0.25) is 0 Å². The van der Waals surface area contributed by atoms with E-state index < -0.39 is 24.3 Å². The first-order chi connectivity index (χ1) is 49.1. The molecule has 2 unspecified atom stereocenters. The predicted molar refractivity (Wildman–Crippen MR) is 431 cm³/mol. The first kappa shape index (κ1) is 96.2. The number of hydrogen-bond acceptors (Lipinski definition) is 8. The molecule has 0 N–H and O–H groups in total. The summed E-state index contributed by atoms with van der Waals surface area (Å²) in [6.45, 7) is 4.70. The van der Waals surface area contributed by atoms with Crippen LogP contribution >= 0.6 is 0 Å². The maximum absolute atomic E-state index is 13.0. The number of aliphatic carboxylic acids is 1. The van der Waals surface area contributed by atoms with Crippen molar-refractivity contribution in [3.8, 4) is 0 Å². The van der Waals surface area contributed by atoms with Gasteiger partial charge in [0.15, 0.2) is 12.4 Å². The van der Waals surface area contributed by atoms with Crippen LogP contribution < -0.4 is 5.11 Å². The molecule has 100 heavy (non-hydrogen) atoms. The van der Waals surface area contributed by atoms with Crippen molar-refractivity contribution in [3.05, 3.63) is 97.2 Å². The van der Waals surface area contributed by atoms with Crippen molar-refractivity contribution in [1.29, 1.82) is 0 Å². The van der Waals surface area contributed by atoms with Crippen LogP contribution in [0.2, 0.25) is 0 Å². The van der Waals surface area contributed by atoms with Crippen LogP contribution in [0.4, 0.5) is 0 Å². The van der Waals surface area contributed by atoms with E-state index in [1.54, 1.807) is 0 Å². The van der Waals surface area contributed by atoms with Gasteiger partial charge in [-0.25, -0.2) is 0 Å². The average molecular weight is 1400 g/mol. The molecule has 0 heterocycles. The van der Waals surface area contributed by atoms with Gasteiger partial charge in [0.25, 0.3) is 0 Å². The van der Waals surface area contributed by atoms with Crippen molar-refractivity contribution in [2.75, 3.05) is 47.5 Å². The van der Waals surface area contributed by atoms with Gasteiger partial charge in [0.1, 0.15) is 13.2 Å². The van der Waals surface area contributed by atoms with E-state index in [9.17, 15) is 19.5 Å². The van der Waals surface area contributed by atoms with Crippen LogP contribution in [0.3, 0.4) is 0 Å². The number of rotatable bonds is 80. The molecule has 0 amide bonds. The highest BCUT2D eigenvalue weighted by molar-refractivity contribution is 5.70. The zero-order valence-corrected chi connectivity index (χ0v) is 66.6. The minimum atomic E-state index is -1.62. The van der Waals surface area contributed by atoms with Gasteiger partial charge in [-0.3, -0.25) is 9.59 Å². The lowest BCUT2D eigenvalue weighted by atomic mass is 10.0. The fourth-order valence-corrected chi connectivity index (χ4v) is 12.6. The molecule has 2 atom stereocenters. The summed E-state index contributed by atoms with van der Waals surface area (Å²) in [4.78, 5) is 37.7. The summed E-state index contributed by atoms with van der Waals surface area (Å²) in [5, 5.41) is 11.9. The Balaban J connectivity index is 3.98. The van der Waals surface area contributed by atoms with Gasteiger partial charge in [-0.15, -0.1) is 0 Å². The topological polar surface area (TPSA) is 111 Å². The number of allylic oxidation sites excluding steroid dienone is 16. The first-order valence-electron chi connectivity index (χ1n) is 42.9. The fraction of sp³-hybridized carbons (Fsp3) is 0.791. The molecule has 0 aliphatic heterocycles. The predicted octanol–water partition coefficient (Wildman–Crippen LogP) is 26.5. The van der Waals surface area contributed by atoms with Crippen LogP contribution in [0, 0.1) is 0 Å². The Bertz CT molecular complexity index is 1970. The van der Waals surface area contributed by atoms with Crippen molar-refractivity contribution in [1.82, 2.24) is 0 Å². The monoisotopic (exact) mass is 1400 g/mol. The van der Waals surface area contributed by atoms with E-state index in [0.717, 1.165) is 83.5 Å². The molecule has 0 aromatic carbocycles. The van der Waals surface area contributed by atoms with Crippen LogP contribution in [0.1, 0.15) is 406 Å². The summed E-state index contributed by atoms with van der Waals surface area (Å²) in [6, 6.07) is 0. The van der Waals surface area contributed by atoms with E-state index in [1.807, 2.05) is 21.1 Å². The molecule has 0 fully saturated rings. The number of esters is 2. The summed E-state index contributed by atoms with van der Waals surface area (Å²) >= 11 is 0. The van der Waals surface area contributed by atoms with Gasteiger partial charge in [-0.2, -0.15) is 0 Å². The van der Waals surface area contributed by atoms with Crippen LogP contribution in [-0.4, -0.2) is 82.3 Å². The van der Waals surface area contributed by atoms with E-state index in [4.69, 9.17) is 18.9 Å². The van der Waals surface area contributed by atoms with E-state index in [1.165, 1.54) is 289 Å². The van der Waals surface area contributed by atoms with Gasteiger partial charge in [-0.1, -0.05) is 413 Å². The molecule has 0 bridgehead atoms. The average Bonchev–Trinajstić information content (AvgIpc) is 1.08. The Morgan fingerprint density at radius 2 is 0.570 bits per heavy atom. The van der Waals surface area contributed by atoms with Crippen molar-refractivity contribution in [2.24, 2.45) is 0 Å². The highest BCUT2D eigenvalue weighted by Gasteiger charge is 2.22. The molecule has 0 spiro atoms. The minimum Gasteiger partial charge on any atom is -0.545 e. The molecule has 0 saturated carbocycles. The van der Waals surface area contributed by atoms with Crippen molar-refractivity contribution in [3.63, 3.8) is 0 Å².